The Morgan fingerprint density at radius 2 is 2.17 bits per heavy atom. The van der Waals surface area contributed by atoms with Crippen LogP contribution in [-0.2, 0) is 7.05 Å². The first-order valence-corrected chi connectivity index (χ1v) is 7.71. The second-order valence-electron chi connectivity index (χ2n) is 5.75. The molecule has 6 nitrogen and oxygen atoms in total. The smallest absolute Gasteiger partial charge is 0.255 e. The van der Waals surface area contributed by atoms with Crippen LogP contribution in [0.5, 0.6) is 0 Å². The number of pyridine rings is 2. The maximum Gasteiger partial charge on any atom is 0.255 e. The van der Waals surface area contributed by atoms with Gasteiger partial charge < -0.3 is 14.8 Å². The molecule has 0 bridgehead atoms. The lowest BCUT2D eigenvalue weighted by Crippen LogP contribution is -2.31. The van der Waals surface area contributed by atoms with Gasteiger partial charge in [0.1, 0.15) is 5.82 Å². The highest BCUT2D eigenvalue weighted by Crippen LogP contribution is 2.33. The molecule has 0 spiro atoms. The number of hydrogen-bond acceptors (Lipinski definition) is 4. The minimum Gasteiger partial charge on any atom is -0.373 e. The minimum atomic E-state index is -0.118. The molecular weight excluding hydrogens is 292 g/mol. The number of amides is 1. The summed E-state index contributed by atoms with van der Waals surface area (Å²) in [7, 11) is 3.48. The van der Waals surface area contributed by atoms with Gasteiger partial charge in [0.05, 0.1) is 11.6 Å². The van der Waals surface area contributed by atoms with Gasteiger partial charge >= 0.3 is 0 Å². The first kappa shape index (κ1) is 15.3. The Morgan fingerprint density at radius 1 is 1.35 bits per heavy atom. The lowest BCUT2D eigenvalue weighted by atomic mass is 10.1. The summed E-state index contributed by atoms with van der Waals surface area (Å²) < 4.78 is 1.43. The second-order valence-corrected chi connectivity index (χ2v) is 5.75. The van der Waals surface area contributed by atoms with E-state index in [2.05, 4.69) is 10.3 Å². The molecule has 2 aromatic rings. The molecule has 1 saturated heterocycles. The monoisotopic (exact) mass is 312 g/mol. The maximum atomic E-state index is 12.8. The summed E-state index contributed by atoms with van der Waals surface area (Å²) in [6.45, 7) is 0.726. The highest BCUT2D eigenvalue weighted by molar-refractivity contribution is 5.94. The van der Waals surface area contributed by atoms with E-state index in [-0.39, 0.29) is 17.5 Å². The molecule has 6 heteroatoms. The van der Waals surface area contributed by atoms with Gasteiger partial charge in [-0.15, -0.1) is 0 Å². The van der Waals surface area contributed by atoms with Crippen LogP contribution in [0, 0.1) is 0 Å². The van der Waals surface area contributed by atoms with Gasteiger partial charge in [-0.2, -0.15) is 0 Å². The third-order valence-electron chi connectivity index (χ3n) is 4.27. The Morgan fingerprint density at radius 3 is 2.91 bits per heavy atom. The minimum absolute atomic E-state index is 0.0362. The van der Waals surface area contributed by atoms with Crippen molar-refractivity contribution in [2.75, 3.05) is 18.9 Å². The van der Waals surface area contributed by atoms with Crippen molar-refractivity contribution >= 4 is 11.7 Å². The molecule has 120 valence electrons. The van der Waals surface area contributed by atoms with E-state index >= 15 is 0 Å². The summed E-state index contributed by atoms with van der Waals surface area (Å²) in [5.41, 5.74) is 1.51. The van der Waals surface area contributed by atoms with Crippen molar-refractivity contribution in [2.24, 2.45) is 7.05 Å². The molecule has 3 rings (SSSR count). The quantitative estimate of drug-likeness (QED) is 0.938. The summed E-state index contributed by atoms with van der Waals surface area (Å²) in [5.74, 6) is 0.759. The number of anilines is 1. The van der Waals surface area contributed by atoms with Crippen LogP contribution in [0.25, 0.3) is 0 Å². The molecule has 1 aliphatic rings. The van der Waals surface area contributed by atoms with Crippen LogP contribution in [0.3, 0.4) is 0 Å². The first-order chi connectivity index (χ1) is 11.1. The van der Waals surface area contributed by atoms with Crippen LogP contribution >= 0.6 is 0 Å². The van der Waals surface area contributed by atoms with E-state index in [1.807, 2.05) is 24.1 Å². The summed E-state index contributed by atoms with van der Waals surface area (Å²) in [6, 6.07) is 7.03. The third-order valence-corrected chi connectivity index (χ3v) is 4.27. The van der Waals surface area contributed by atoms with Crippen LogP contribution in [0.4, 0.5) is 5.82 Å². The van der Waals surface area contributed by atoms with E-state index in [1.165, 1.54) is 10.6 Å². The van der Waals surface area contributed by atoms with Crippen molar-refractivity contribution in [1.29, 1.82) is 0 Å². The Balaban J connectivity index is 1.89. The molecule has 0 aliphatic carbocycles. The zero-order valence-electron chi connectivity index (χ0n) is 13.3. The van der Waals surface area contributed by atoms with Crippen LogP contribution in [-0.4, -0.2) is 34.0 Å². The molecule has 0 aromatic carbocycles. The zero-order valence-corrected chi connectivity index (χ0v) is 13.3. The van der Waals surface area contributed by atoms with Gasteiger partial charge in [0.15, 0.2) is 0 Å². The van der Waals surface area contributed by atoms with E-state index in [0.717, 1.165) is 30.8 Å². The summed E-state index contributed by atoms with van der Waals surface area (Å²) in [4.78, 5) is 30.4. The molecule has 23 heavy (non-hydrogen) atoms. The van der Waals surface area contributed by atoms with E-state index in [4.69, 9.17) is 0 Å². The van der Waals surface area contributed by atoms with Gasteiger partial charge in [0, 0.05) is 39.1 Å². The molecule has 1 N–H and O–H groups in total. The molecule has 3 heterocycles. The third kappa shape index (κ3) is 2.97. The van der Waals surface area contributed by atoms with E-state index < -0.39 is 0 Å². The second kappa shape index (κ2) is 6.24. The van der Waals surface area contributed by atoms with Gasteiger partial charge in [-0.25, -0.2) is 4.98 Å². The van der Waals surface area contributed by atoms with Crippen molar-refractivity contribution in [3.63, 3.8) is 0 Å². The van der Waals surface area contributed by atoms with Gasteiger partial charge in [-0.05, 0) is 36.6 Å². The van der Waals surface area contributed by atoms with E-state index in [0.29, 0.717) is 5.56 Å². The first-order valence-electron chi connectivity index (χ1n) is 7.71. The number of carbonyl (C=O) groups excluding carboxylic acids is 1. The average molecular weight is 312 g/mol. The Bertz CT molecular complexity index is 784. The van der Waals surface area contributed by atoms with Crippen molar-refractivity contribution in [3.05, 3.63) is 58.1 Å². The summed E-state index contributed by atoms with van der Waals surface area (Å²) in [6.07, 6.45) is 5.27. The van der Waals surface area contributed by atoms with Crippen LogP contribution < -0.4 is 10.9 Å². The normalized spacial score (nSPS) is 17.3. The number of aromatic nitrogens is 2. The number of carbonyl (C=O) groups is 1. The Labute approximate surface area is 134 Å². The fraction of sp³-hybridized carbons (Fsp3) is 0.353. The SMILES string of the molecule is CNc1cc(C2CCCN2C(=O)c2ccc(=O)n(C)c2)ccn1. The highest BCUT2D eigenvalue weighted by Gasteiger charge is 2.31. The molecule has 1 unspecified atom stereocenters. The molecule has 1 fully saturated rings. The maximum absolute atomic E-state index is 12.8. The molecule has 0 radical (unpaired) electrons. The zero-order chi connectivity index (χ0) is 16.4. The number of nitrogens with one attached hydrogen (secondary N) is 1. The Kier molecular flexibility index (Phi) is 4.14. The van der Waals surface area contributed by atoms with Crippen molar-refractivity contribution < 1.29 is 4.79 Å². The fourth-order valence-electron chi connectivity index (χ4n) is 3.03. The number of nitrogens with zero attached hydrogens (tertiary/aromatic N) is 3. The van der Waals surface area contributed by atoms with Crippen molar-refractivity contribution in [1.82, 2.24) is 14.5 Å². The van der Waals surface area contributed by atoms with Gasteiger partial charge in [-0.3, -0.25) is 9.59 Å². The standard InChI is InChI=1S/C17H20N4O2/c1-18-15-10-12(7-8-19-15)14-4-3-9-21(14)17(23)13-5-6-16(22)20(2)11-13/h5-8,10-11,14H,3-4,9H2,1-2H3,(H,18,19). The molecule has 2 aromatic heterocycles. The van der Waals surface area contributed by atoms with Crippen LogP contribution in [0.2, 0.25) is 0 Å². The molecular formula is C17H20N4O2. The lowest BCUT2D eigenvalue weighted by molar-refractivity contribution is 0.0734. The van der Waals surface area contributed by atoms with Gasteiger partial charge in [0.2, 0.25) is 5.56 Å². The van der Waals surface area contributed by atoms with Crippen LogP contribution in [0.1, 0.15) is 34.8 Å². The molecule has 0 saturated carbocycles. The highest BCUT2D eigenvalue weighted by atomic mass is 16.2. The summed E-state index contributed by atoms with van der Waals surface area (Å²) >= 11 is 0. The molecule has 1 aliphatic heterocycles. The van der Waals surface area contributed by atoms with E-state index in [9.17, 15) is 9.59 Å². The predicted molar refractivity (Wildman–Crippen MR) is 88.5 cm³/mol. The van der Waals surface area contributed by atoms with Crippen molar-refractivity contribution in [3.8, 4) is 0 Å². The number of rotatable bonds is 3. The van der Waals surface area contributed by atoms with Crippen LogP contribution in [0.15, 0.2) is 41.5 Å². The van der Waals surface area contributed by atoms with Gasteiger partial charge in [0.25, 0.3) is 5.91 Å². The Hall–Kier alpha value is -2.63. The largest absolute Gasteiger partial charge is 0.373 e. The molecule has 1 atom stereocenters. The molecule has 1 amide bonds. The topological polar surface area (TPSA) is 67.2 Å². The predicted octanol–water partition coefficient (Wildman–Crippen LogP) is 1.80. The fourth-order valence-corrected chi connectivity index (χ4v) is 3.03. The number of hydrogen-bond donors (Lipinski definition) is 1. The van der Waals surface area contributed by atoms with Crippen molar-refractivity contribution in [2.45, 2.75) is 18.9 Å². The summed E-state index contributed by atoms with van der Waals surface area (Å²) in [5, 5.41) is 3.03. The number of likely N-dealkylation sites (tertiary alicyclic amines) is 1. The average Bonchev–Trinajstić information content (AvgIpc) is 3.06. The van der Waals surface area contributed by atoms with Gasteiger partial charge in [-0.1, -0.05) is 0 Å². The lowest BCUT2D eigenvalue weighted by Gasteiger charge is -2.25. The number of aryl methyl sites for hydroxylation is 1. The van der Waals surface area contributed by atoms with E-state index in [1.54, 1.807) is 25.5 Å².